The zero-order valence-corrected chi connectivity index (χ0v) is 21.8. The fourth-order valence-electron chi connectivity index (χ4n) is 6.76. The van der Waals surface area contributed by atoms with Crippen LogP contribution >= 0.6 is 11.6 Å². The maximum atomic E-state index is 13.5. The van der Waals surface area contributed by atoms with E-state index in [9.17, 15) is 9.59 Å². The molecular formula is C31H32ClN3O2. The van der Waals surface area contributed by atoms with Crippen molar-refractivity contribution in [2.45, 2.75) is 62.7 Å². The third kappa shape index (κ3) is 4.34. The molecule has 3 atom stereocenters. The van der Waals surface area contributed by atoms with Crippen LogP contribution in [0.5, 0.6) is 0 Å². The van der Waals surface area contributed by atoms with E-state index in [1.165, 1.54) is 18.4 Å². The molecule has 37 heavy (non-hydrogen) atoms. The molecule has 6 rings (SSSR count). The minimum absolute atomic E-state index is 0.0148. The second-order valence-corrected chi connectivity index (χ2v) is 11.3. The fourth-order valence-corrected chi connectivity index (χ4v) is 6.89. The highest BCUT2D eigenvalue weighted by molar-refractivity contribution is 6.30. The van der Waals surface area contributed by atoms with E-state index in [0.717, 1.165) is 46.7 Å². The molecule has 2 fully saturated rings. The van der Waals surface area contributed by atoms with Gasteiger partial charge in [-0.05, 0) is 72.6 Å². The molecule has 3 aromatic carbocycles. The molecule has 190 valence electrons. The summed E-state index contributed by atoms with van der Waals surface area (Å²) in [7, 11) is 0. The van der Waals surface area contributed by atoms with Gasteiger partial charge in [-0.3, -0.25) is 14.5 Å². The van der Waals surface area contributed by atoms with Crippen LogP contribution in [-0.2, 0) is 21.5 Å². The van der Waals surface area contributed by atoms with Crippen LogP contribution in [0.4, 0.5) is 0 Å². The van der Waals surface area contributed by atoms with Crippen molar-refractivity contribution in [1.29, 1.82) is 0 Å². The summed E-state index contributed by atoms with van der Waals surface area (Å²) < 4.78 is 0. The van der Waals surface area contributed by atoms with Gasteiger partial charge in [-0.15, -0.1) is 0 Å². The summed E-state index contributed by atoms with van der Waals surface area (Å²) in [6.45, 7) is 2.86. The standard InChI is InChI=1S/C31H32ClN3O2/c1-31(27-8-4-2-6-25(27)26-7-3-5-9-28(26)31)30(37)33-18-29(36)34-22-16-23-14-15-24(17-22)35(23)19-20-10-12-21(32)13-11-20/h2-13,22-24H,14-19H2,1H3,(H,33,37)(H,34,36)/t22?,23-,24+. The Kier molecular flexibility index (Phi) is 6.29. The van der Waals surface area contributed by atoms with Gasteiger partial charge < -0.3 is 10.6 Å². The molecule has 0 spiro atoms. The molecular weight excluding hydrogens is 482 g/mol. The monoisotopic (exact) mass is 513 g/mol. The Balaban J connectivity index is 1.07. The van der Waals surface area contributed by atoms with Crippen LogP contribution < -0.4 is 10.6 Å². The summed E-state index contributed by atoms with van der Waals surface area (Å²) in [6, 6.07) is 25.3. The Morgan fingerprint density at radius 1 is 0.892 bits per heavy atom. The zero-order chi connectivity index (χ0) is 25.6. The molecule has 2 heterocycles. The highest BCUT2D eigenvalue weighted by atomic mass is 35.5. The number of nitrogens with zero attached hydrogens (tertiary/aromatic N) is 1. The summed E-state index contributed by atoms with van der Waals surface area (Å²) >= 11 is 6.05. The number of hydrogen-bond donors (Lipinski definition) is 2. The lowest BCUT2D eigenvalue weighted by molar-refractivity contribution is -0.128. The van der Waals surface area contributed by atoms with Crippen LogP contribution in [-0.4, -0.2) is 41.4 Å². The minimum atomic E-state index is -0.820. The Hall–Kier alpha value is -3.15. The lowest BCUT2D eigenvalue weighted by Gasteiger charge is -2.39. The van der Waals surface area contributed by atoms with Gasteiger partial charge in [0.15, 0.2) is 0 Å². The average Bonchev–Trinajstić information content (AvgIpc) is 3.30. The topological polar surface area (TPSA) is 61.4 Å². The Morgan fingerprint density at radius 3 is 2.05 bits per heavy atom. The lowest BCUT2D eigenvalue weighted by atomic mass is 9.79. The first-order chi connectivity index (χ1) is 17.9. The third-order valence-electron chi connectivity index (χ3n) is 8.61. The quantitative estimate of drug-likeness (QED) is 0.484. The molecule has 3 aliphatic rings. The van der Waals surface area contributed by atoms with Crippen LogP contribution in [0.25, 0.3) is 11.1 Å². The van der Waals surface area contributed by atoms with Crippen molar-refractivity contribution in [3.63, 3.8) is 0 Å². The van der Waals surface area contributed by atoms with E-state index in [1.54, 1.807) is 0 Å². The highest BCUT2D eigenvalue weighted by Gasteiger charge is 2.45. The van der Waals surface area contributed by atoms with Crippen molar-refractivity contribution in [2.75, 3.05) is 6.54 Å². The second kappa shape index (κ2) is 9.62. The van der Waals surface area contributed by atoms with Gasteiger partial charge in [0.05, 0.1) is 12.0 Å². The molecule has 0 aromatic heterocycles. The zero-order valence-electron chi connectivity index (χ0n) is 21.0. The van der Waals surface area contributed by atoms with Crippen LogP contribution in [0.2, 0.25) is 5.02 Å². The van der Waals surface area contributed by atoms with Gasteiger partial charge in [-0.1, -0.05) is 72.3 Å². The number of carbonyl (C=O) groups is 2. The van der Waals surface area contributed by atoms with Crippen molar-refractivity contribution >= 4 is 23.4 Å². The molecule has 2 bridgehead atoms. The normalized spacial score (nSPS) is 23.2. The Bertz CT molecular complexity index is 1280. The molecule has 1 aliphatic carbocycles. The van der Waals surface area contributed by atoms with E-state index < -0.39 is 5.41 Å². The van der Waals surface area contributed by atoms with Crippen molar-refractivity contribution in [2.24, 2.45) is 0 Å². The number of nitrogens with one attached hydrogen (secondary N) is 2. The largest absolute Gasteiger partial charge is 0.352 e. The number of amides is 2. The number of piperidine rings is 1. The Labute approximate surface area is 223 Å². The first-order valence-corrected chi connectivity index (χ1v) is 13.6. The SMILES string of the molecule is CC1(C(=O)NCC(=O)NC2C[C@H]3CC[C@@H](C2)N3Cc2ccc(Cl)cc2)c2ccccc2-c2ccccc21. The van der Waals surface area contributed by atoms with Gasteiger partial charge in [0.25, 0.3) is 0 Å². The maximum Gasteiger partial charge on any atom is 0.239 e. The van der Waals surface area contributed by atoms with Crippen LogP contribution in [0.1, 0.15) is 49.3 Å². The number of hydrogen-bond acceptors (Lipinski definition) is 3. The van der Waals surface area contributed by atoms with E-state index in [2.05, 4.69) is 39.8 Å². The predicted octanol–water partition coefficient (Wildman–Crippen LogP) is 5.05. The number of rotatable bonds is 6. The van der Waals surface area contributed by atoms with E-state index in [4.69, 9.17) is 11.6 Å². The van der Waals surface area contributed by atoms with E-state index >= 15 is 0 Å². The van der Waals surface area contributed by atoms with Gasteiger partial charge in [-0.25, -0.2) is 0 Å². The molecule has 0 saturated carbocycles. The van der Waals surface area contributed by atoms with Gasteiger partial charge in [-0.2, -0.15) is 0 Å². The van der Waals surface area contributed by atoms with Crippen LogP contribution in [0.15, 0.2) is 72.8 Å². The van der Waals surface area contributed by atoms with Crippen LogP contribution in [0, 0.1) is 0 Å². The van der Waals surface area contributed by atoms with Gasteiger partial charge in [0.1, 0.15) is 0 Å². The first kappa shape index (κ1) is 24.2. The van der Waals surface area contributed by atoms with Crippen molar-refractivity contribution < 1.29 is 9.59 Å². The second-order valence-electron chi connectivity index (χ2n) is 10.8. The maximum absolute atomic E-state index is 13.5. The molecule has 5 nitrogen and oxygen atoms in total. The van der Waals surface area contributed by atoms with Gasteiger partial charge in [0, 0.05) is 29.7 Å². The Morgan fingerprint density at radius 2 is 1.46 bits per heavy atom. The number of benzene rings is 3. The predicted molar refractivity (Wildman–Crippen MR) is 146 cm³/mol. The third-order valence-corrected chi connectivity index (χ3v) is 8.87. The molecule has 3 aromatic rings. The van der Waals surface area contributed by atoms with Crippen molar-refractivity contribution in [3.05, 3.63) is 94.5 Å². The summed E-state index contributed by atoms with van der Waals surface area (Å²) in [5.74, 6) is -0.259. The fraction of sp³-hybridized carbons (Fsp3) is 0.355. The van der Waals surface area contributed by atoms with E-state index in [-0.39, 0.29) is 24.4 Å². The number of carbonyl (C=O) groups excluding carboxylic acids is 2. The first-order valence-electron chi connectivity index (χ1n) is 13.2. The van der Waals surface area contributed by atoms with Crippen molar-refractivity contribution in [3.8, 4) is 11.1 Å². The summed E-state index contributed by atoms with van der Waals surface area (Å²) in [5.41, 5.74) is 4.59. The molecule has 6 heteroatoms. The van der Waals surface area contributed by atoms with Crippen LogP contribution in [0.3, 0.4) is 0 Å². The van der Waals surface area contributed by atoms with Crippen molar-refractivity contribution in [1.82, 2.24) is 15.5 Å². The lowest BCUT2D eigenvalue weighted by Crippen LogP contribution is -2.52. The molecule has 2 saturated heterocycles. The smallest absolute Gasteiger partial charge is 0.239 e. The highest BCUT2D eigenvalue weighted by Crippen LogP contribution is 2.48. The molecule has 2 aliphatic heterocycles. The van der Waals surface area contributed by atoms with E-state index in [0.29, 0.717) is 12.1 Å². The molecule has 0 radical (unpaired) electrons. The van der Waals surface area contributed by atoms with E-state index in [1.807, 2.05) is 55.5 Å². The summed E-state index contributed by atoms with van der Waals surface area (Å²) in [5, 5.41) is 6.92. The average molecular weight is 514 g/mol. The summed E-state index contributed by atoms with van der Waals surface area (Å²) in [6.07, 6.45) is 4.22. The number of fused-ring (bicyclic) bond motifs is 5. The van der Waals surface area contributed by atoms with Gasteiger partial charge >= 0.3 is 0 Å². The number of halogens is 1. The molecule has 2 N–H and O–H groups in total. The molecule has 2 amide bonds. The summed E-state index contributed by atoms with van der Waals surface area (Å²) in [4.78, 5) is 29.0. The van der Waals surface area contributed by atoms with Gasteiger partial charge in [0.2, 0.25) is 11.8 Å². The minimum Gasteiger partial charge on any atom is -0.352 e. The molecule has 1 unspecified atom stereocenters.